The molecule has 2 aromatic heterocycles. The van der Waals surface area contributed by atoms with Crippen molar-refractivity contribution in [2.24, 2.45) is 5.92 Å². The van der Waals surface area contributed by atoms with Gasteiger partial charge in [0.05, 0.1) is 18.1 Å². The van der Waals surface area contributed by atoms with E-state index in [0.29, 0.717) is 11.7 Å². The zero-order chi connectivity index (χ0) is 15.9. The maximum Gasteiger partial charge on any atom is 0.244 e. The second-order valence-corrected chi connectivity index (χ2v) is 5.74. The minimum atomic E-state index is -0.0731. The van der Waals surface area contributed by atoms with Gasteiger partial charge in [-0.05, 0) is 49.1 Å². The van der Waals surface area contributed by atoms with Crippen LogP contribution >= 0.6 is 0 Å². The Morgan fingerprint density at radius 3 is 2.91 bits per heavy atom. The minimum Gasteiger partial charge on any atom is -0.465 e. The molecule has 0 aliphatic carbocycles. The number of nitrogens with one attached hydrogen (secondary N) is 1. The molecule has 5 nitrogen and oxygen atoms in total. The van der Waals surface area contributed by atoms with Crippen LogP contribution in [0.5, 0.6) is 0 Å². The molecule has 5 heteroatoms. The number of piperidine rings is 1. The number of rotatable bonds is 5. The van der Waals surface area contributed by atoms with E-state index in [2.05, 4.69) is 21.3 Å². The van der Waals surface area contributed by atoms with Crippen LogP contribution < -0.4 is 10.2 Å². The van der Waals surface area contributed by atoms with Crippen molar-refractivity contribution in [1.29, 1.82) is 0 Å². The van der Waals surface area contributed by atoms with Gasteiger partial charge in [-0.3, -0.25) is 9.78 Å². The van der Waals surface area contributed by atoms with E-state index >= 15 is 0 Å². The van der Waals surface area contributed by atoms with Gasteiger partial charge in [-0.25, -0.2) is 0 Å². The Bertz CT molecular complexity index is 630. The van der Waals surface area contributed by atoms with Crippen molar-refractivity contribution in [2.75, 3.05) is 24.5 Å². The molecule has 1 aliphatic heterocycles. The maximum atomic E-state index is 11.8. The third kappa shape index (κ3) is 4.45. The molecular weight excluding hydrogens is 290 g/mol. The molecular formula is C18H21N3O2. The summed E-state index contributed by atoms with van der Waals surface area (Å²) in [5.41, 5.74) is 1.18. The van der Waals surface area contributed by atoms with Crippen LogP contribution in [0.1, 0.15) is 18.6 Å². The van der Waals surface area contributed by atoms with Crippen molar-refractivity contribution in [3.8, 4) is 0 Å². The van der Waals surface area contributed by atoms with Crippen LogP contribution in [0.2, 0.25) is 0 Å². The van der Waals surface area contributed by atoms with Crippen molar-refractivity contribution in [1.82, 2.24) is 10.3 Å². The Labute approximate surface area is 136 Å². The van der Waals surface area contributed by atoms with E-state index < -0.39 is 0 Å². The van der Waals surface area contributed by atoms with E-state index in [4.69, 9.17) is 4.42 Å². The van der Waals surface area contributed by atoms with Crippen molar-refractivity contribution in [2.45, 2.75) is 12.8 Å². The number of hydrogen-bond acceptors (Lipinski definition) is 4. The largest absolute Gasteiger partial charge is 0.465 e. The lowest BCUT2D eigenvalue weighted by Gasteiger charge is -2.33. The summed E-state index contributed by atoms with van der Waals surface area (Å²) in [4.78, 5) is 18.3. The van der Waals surface area contributed by atoms with Gasteiger partial charge in [-0.2, -0.15) is 0 Å². The number of furan rings is 1. The van der Waals surface area contributed by atoms with Crippen molar-refractivity contribution in [3.05, 3.63) is 54.8 Å². The quantitative estimate of drug-likeness (QED) is 0.863. The van der Waals surface area contributed by atoms with Gasteiger partial charge >= 0.3 is 0 Å². The Morgan fingerprint density at radius 2 is 2.22 bits per heavy atom. The van der Waals surface area contributed by atoms with E-state index in [0.717, 1.165) is 32.5 Å². The molecule has 0 bridgehead atoms. The molecule has 0 saturated carbocycles. The molecule has 1 N–H and O–H groups in total. The van der Waals surface area contributed by atoms with Gasteiger partial charge in [0.15, 0.2) is 0 Å². The van der Waals surface area contributed by atoms with Gasteiger partial charge < -0.3 is 14.6 Å². The summed E-state index contributed by atoms with van der Waals surface area (Å²) >= 11 is 0. The summed E-state index contributed by atoms with van der Waals surface area (Å²) < 4.78 is 5.15. The molecule has 120 valence electrons. The Balaban J connectivity index is 1.40. The van der Waals surface area contributed by atoms with Crippen molar-refractivity contribution < 1.29 is 9.21 Å². The second kappa shape index (κ2) is 7.63. The van der Waals surface area contributed by atoms with E-state index in [1.165, 1.54) is 11.8 Å². The van der Waals surface area contributed by atoms with Gasteiger partial charge in [0, 0.05) is 31.9 Å². The number of hydrogen-bond donors (Lipinski definition) is 1. The first kappa shape index (κ1) is 15.3. The Morgan fingerprint density at radius 1 is 1.35 bits per heavy atom. The molecule has 0 radical (unpaired) electrons. The van der Waals surface area contributed by atoms with E-state index in [1.807, 2.05) is 18.3 Å². The standard InChI is InChI=1S/C18H21N3O2/c22-18(6-5-17-4-2-12-23-17)20-13-15-7-10-21(11-8-15)16-3-1-9-19-14-16/h1-6,9,12,14-15H,7-8,10-11,13H2,(H,20,22)/b6-5+. The fraction of sp³-hybridized carbons (Fsp3) is 0.333. The molecule has 0 atom stereocenters. The summed E-state index contributed by atoms with van der Waals surface area (Å²) in [5.74, 6) is 1.14. The fourth-order valence-electron chi connectivity index (χ4n) is 2.78. The van der Waals surface area contributed by atoms with E-state index in [9.17, 15) is 4.79 Å². The van der Waals surface area contributed by atoms with Gasteiger partial charge in [-0.15, -0.1) is 0 Å². The second-order valence-electron chi connectivity index (χ2n) is 5.74. The summed E-state index contributed by atoms with van der Waals surface area (Å²) in [6.07, 6.45) is 10.6. The van der Waals surface area contributed by atoms with Crippen LogP contribution in [0.4, 0.5) is 5.69 Å². The lowest BCUT2D eigenvalue weighted by atomic mass is 9.96. The zero-order valence-corrected chi connectivity index (χ0v) is 13.0. The molecule has 23 heavy (non-hydrogen) atoms. The molecule has 1 aliphatic rings. The predicted octanol–water partition coefficient (Wildman–Crippen LogP) is 2.72. The van der Waals surface area contributed by atoms with Gasteiger partial charge in [0.1, 0.15) is 5.76 Å². The zero-order valence-electron chi connectivity index (χ0n) is 13.0. The number of pyridine rings is 1. The third-order valence-corrected chi connectivity index (χ3v) is 4.13. The molecule has 0 spiro atoms. The first-order valence-electron chi connectivity index (χ1n) is 7.95. The monoisotopic (exact) mass is 311 g/mol. The van der Waals surface area contributed by atoms with Gasteiger partial charge in [0.2, 0.25) is 5.91 Å². The molecule has 1 fully saturated rings. The third-order valence-electron chi connectivity index (χ3n) is 4.13. The molecule has 0 unspecified atom stereocenters. The average Bonchev–Trinajstić information content (AvgIpc) is 3.13. The lowest BCUT2D eigenvalue weighted by molar-refractivity contribution is -0.116. The predicted molar refractivity (Wildman–Crippen MR) is 89.9 cm³/mol. The Hall–Kier alpha value is -2.56. The molecule has 1 amide bonds. The van der Waals surface area contributed by atoms with E-state index in [-0.39, 0.29) is 5.91 Å². The molecule has 0 aromatic carbocycles. The normalized spacial score (nSPS) is 15.9. The SMILES string of the molecule is O=C(/C=C/c1ccco1)NCC1CCN(c2cccnc2)CC1. The summed E-state index contributed by atoms with van der Waals surface area (Å²) in [6.45, 7) is 2.74. The average molecular weight is 311 g/mol. The van der Waals surface area contributed by atoms with Gasteiger partial charge in [-0.1, -0.05) is 0 Å². The fourth-order valence-corrected chi connectivity index (χ4v) is 2.78. The van der Waals surface area contributed by atoms with Gasteiger partial charge in [0.25, 0.3) is 0 Å². The summed E-state index contributed by atoms with van der Waals surface area (Å²) in [6, 6.07) is 7.67. The number of anilines is 1. The highest BCUT2D eigenvalue weighted by atomic mass is 16.3. The molecule has 3 heterocycles. The van der Waals surface area contributed by atoms with Crippen molar-refractivity contribution in [3.63, 3.8) is 0 Å². The van der Waals surface area contributed by atoms with Crippen LogP contribution in [-0.2, 0) is 4.79 Å². The van der Waals surface area contributed by atoms with E-state index in [1.54, 1.807) is 24.6 Å². The number of aromatic nitrogens is 1. The molecule has 2 aromatic rings. The number of nitrogens with zero attached hydrogens (tertiary/aromatic N) is 2. The lowest BCUT2D eigenvalue weighted by Crippen LogP contribution is -2.38. The van der Waals surface area contributed by atoms with Crippen LogP contribution in [0, 0.1) is 5.92 Å². The highest BCUT2D eigenvalue weighted by molar-refractivity contribution is 5.91. The maximum absolute atomic E-state index is 11.8. The summed E-state index contributed by atoms with van der Waals surface area (Å²) in [5, 5.41) is 2.97. The highest BCUT2D eigenvalue weighted by Gasteiger charge is 2.19. The first-order chi connectivity index (χ1) is 11.3. The first-order valence-corrected chi connectivity index (χ1v) is 7.95. The van der Waals surface area contributed by atoms with Crippen LogP contribution in [0.15, 0.2) is 53.4 Å². The highest BCUT2D eigenvalue weighted by Crippen LogP contribution is 2.21. The summed E-state index contributed by atoms with van der Waals surface area (Å²) in [7, 11) is 0. The molecule has 1 saturated heterocycles. The van der Waals surface area contributed by atoms with Crippen LogP contribution in [-0.4, -0.2) is 30.5 Å². The number of amides is 1. The minimum absolute atomic E-state index is 0.0731. The topological polar surface area (TPSA) is 58.4 Å². The smallest absolute Gasteiger partial charge is 0.244 e. The van der Waals surface area contributed by atoms with Crippen LogP contribution in [0.25, 0.3) is 6.08 Å². The Kier molecular flexibility index (Phi) is 5.09. The number of carbonyl (C=O) groups is 1. The molecule has 3 rings (SSSR count). The van der Waals surface area contributed by atoms with Crippen molar-refractivity contribution >= 4 is 17.7 Å². The number of carbonyl (C=O) groups excluding carboxylic acids is 1. The van der Waals surface area contributed by atoms with Crippen LogP contribution in [0.3, 0.4) is 0 Å².